The van der Waals surface area contributed by atoms with E-state index in [4.69, 9.17) is 15.5 Å². The second-order valence-corrected chi connectivity index (χ2v) is 14.7. The van der Waals surface area contributed by atoms with E-state index in [0.29, 0.717) is 41.6 Å². The van der Waals surface area contributed by atoms with E-state index < -0.39 is 23.3 Å². The molecule has 262 valence electrons. The Morgan fingerprint density at radius 3 is 2.48 bits per heavy atom. The zero-order valence-corrected chi connectivity index (χ0v) is 30.5. The molecule has 2 atom stereocenters. The van der Waals surface area contributed by atoms with E-state index in [0.717, 1.165) is 78.8 Å². The maximum atomic E-state index is 16.8. The first-order chi connectivity index (χ1) is 22.9. The Morgan fingerprint density at radius 2 is 1.92 bits per heavy atom. The Morgan fingerprint density at radius 1 is 1.25 bits per heavy atom. The third kappa shape index (κ3) is 7.96. The van der Waals surface area contributed by atoms with E-state index in [2.05, 4.69) is 37.1 Å². The number of allylic oxidation sites excluding steroid dienone is 3. The zero-order chi connectivity index (χ0) is 35.2. The quantitative estimate of drug-likeness (QED) is 0.228. The van der Waals surface area contributed by atoms with Gasteiger partial charge in [-0.1, -0.05) is 65.0 Å². The monoisotopic (exact) mass is 681 g/mol. The number of rotatable bonds is 10. The van der Waals surface area contributed by atoms with Gasteiger partial charge in [-0.2, -0.15) is 5.26 Å². The normalized spacial score (nSPS) is 21.5. The van der Waals surface area contributed by atoms with Crippen LogP contribution in [0, 0.1) is 17.2 Å². The van der Waals surface area contributed by atoms with Crippen molar-refractivity contribution in [2.45, 2.75) is 111 Å². The Labute approximate surface area is 289 Å². The number of nitrogen functional groups attached to an aromatic ring is 1. The molecule has 0 saturated carbocycles. The highest BCUT2D eigenvalue weighted by atomic mass is 32.1. The number of nitrogens with zero attached hydrogens (tertiary/aromatic N) is 3. The van der Waals surface area contributed by atoms with Crippen molar-refractivity contribution in [2.24, 2.45) is 10.9 Å². The number of likely N-dealkylation sites (tertiary alicyclic amines) is 1. The highest BCUT2D eigenvalue weighted by molar-refractivity contribution is 7.17. The number of aliphatic hydroxyl groups is 1. The minimum absolute atomic E-state index is 0.169. The summed E-state index contributed by atoms with van der Waals surface area (Å²) in [5, 5.41) is 23.3. The highest BCUT2D eigenvalue weighted by Crippen LogP contribution is 2.51. The molecule has 0 radical (unpaired) electrons. The molecule has 0 aromatic carbocycles. The molecule has 0 amide bonds. The number of hydrogen-bond acceptors (Lipinski definition) is 8. The van der Waals surface area contributed by atoms with Crippen LogP contribution >= 0.6 is 11.3 Å². The molecule has 0 spiro atoms. The van der Waals surface area contributed by atoms with Gasteiger partial charge >= 0.3 is 0 Å². The number of unbranched alkanes of at least 4 members (excludes halogenated alkanes) is 2. The van der Waals surface area contributed by atoms with E-state index in [9.17, 15) is 10.4 Å². The van der Waals surface area contributed by atoms with Crippen LogP contribution in [0.1, 0.15) is 116 Å². The average molecular weight is 682 g/mol. The van der Waals surface area contributed by atoms with Gasteiger partial charge in [0.2, 0.25) is 0 Å². The lowest BCUT2D eigenvalue weighted by Crippen LogP contribution is -2.42. The van der Waals surface area contributed by atoms with Gasteiger partial charge < -0.3 is 25.8 Å². The minimum atomic E-state index is -0.834. The average Bonchev–Trinajstić information content (AvgIpc) is 3.82. The highest BCUT2D eigenvalue weighted by Gasteiger charge is 2.41. The summed E-state index contributed by atoms with van der Waals surface area (Å²) in [6, 6.07) is 1.32. The molecular formula is C38H53F2N5O2S. The molecule has 1 saturated heterocycles. The van der Waals surface area contributed by atoms with Crippen molar-refractivity contribution in [1.29, 1.82) is 5.26 Å². The van der Waals surface area contributed by atoms with Gasteiger partial charge in [0.25, 0.3) is 0 Å². The fourth-order valence-electron chi connectivity index (χ4n) is 6.72. The molecule has 4 heterocycles. The summed E-state index contributed by atoms with van der Waals surface area (Å²) in [7, 11) is 0. The number of nitriles is 1. The van der Waals surface area contributed by atoms with Crippen LogP contribution in [0.2, 0.25) is 0 Å². The van der Waals surface area contributed by atoms with Crippen molar-refractivity contribution < 1.29 is 18.6 Å². The Hall–Kier alpha value is -3.26. The molecule has 7 nitrogen and oxygen atoms in total. The zero-order valence-electron chi connectivity index (χ0n) is 29.7. The van der Waals surface area contributed by atoms with Crippen LogP contribution in [-0.4, -0.2) is 53.9 Å². The standard InChI is InChI=1S/C28H31F2N5OS.C10H22O/c1-5-15(4)21(23-16(9-31)27(32)37-26(23)20(29)6-2)22-19-13-36-12-18(19)17-10-33-28(34-25(17)24(22)30)35-8-7-14(3)11-35;1-4-6-8-10(3,11)9-7-5-2/h6,10,14,25H,5,7-8,11-13,32H2,1-4H3,(H,33,34);11H,4-9H2,1-3H3/b20-6+,21-15+;. The first kappa shape index (κ1) is 37.6. The number of aliphatic imine (C=N–C) groups is 1. The summed E-state index contributed by atoms with van der Waals surface area (Å²) in [4.78, 5) is 7.23. The third-order valence-corrected chi connectivity index (χ3v) is 10.8. The molecule has 5 rings (SSSR count). The van der Waals surface area contributed by atoms with Gasteiger partial charge in [0, 0.05) is 36.0 Å². The molecule has 0 bridgehead atoms. The van der Waals surface area contributed by atoms with Gasteiger partial charge in [-0.3, -0.25) is 0 Å². The van der Waals surface area contributed by atoms with Crippen LogP contribution < -0.4 is 11.1 Å². The van der Waals surface area contributed by atoms with Crippen LogP contribution in [-0.2, 0) is 4.74 Å². The maximum Gasteiger partial charge on any atom is 0.199 e. The van der Waals surface area contributed by atoms with Gasteiger partial charge in [0.15, 0.2) is 5.96 Å². The number of anilines is 1. The molecule has 4 aliphatic rings. The second kappa shape index (κ2) is 16.4. The fourth-order valence-corrected chi connectivity index (χ4v) is 7.71. The molecule has 3 aliphatic heterocycles. The molecule has 1 aromatic heterocycles. The number of thiophene rings is 1. The molecule has 2 unspecified atom stereocenters. The lowest BCUT2D eigenvalue weighted by atomic mass is 9.78. The van der Waals surface area contributed by atoms with Crippen LogP contribution in [0.15, 0.2) is 51.0 Å². The largest absolute Gasteiger partial charge is 0.390 e. The number of fused-ring (bicyclic) bond motifs is 2. The summed E-state index contributed by atoms with van der Waals surface area (Å²) in [6.07, 6.45) is 11.4. The van der Waals surface area contributed by atoms with E-state index in [-0.39, 0.29) is 22.0 Å². The number of hydrogen-bond donors (Lipinski definition) is 3. The minimum Gasteiger partial charge on any atom is -0.390 e. The summed E-state index contributed by atoms with van der Waals surface area (Å²) in [6.45, 7) is 16.2. The van der Waals surface area contributed by atoms with Crippen LogP contribution in [0.25, 0.3) is 11.4 Å². The summed E-state index contributed by atoms with van der Waals surface area (Å²) < 4.78 is 37.7. The lowest BCUT2D eigenvalue weighted by Gasteiger charge is -2.32. The molecular weight excluding hydrogens is 629 g/mol. The van der Waals surface area contributed by atoms with Crippen LogP contribution in [0.3, 0.4) is 0 Å². The SMILES string of the molecule is C/C=C(/F)c1sc(N)c(C#N)c1/C(C1=C(F)C2N=C(N3CCC(C)C3)NC=C2C2=C1COC2)=C(\C)CC.CCCCC(C)(O)CCCC. The Balaban J connectivity index is 0.000000408. The molecule has 4 N–H and O–H groups in total. The van der Waals surface area contributed by atoms with E-state index in [1.807, 2.05) is 27.0 Å². The first-order valence-corrected chi connectivity index (χ1v) is 18.3. The first-order valence-electron chi connectivity index (χ1n) is 17.5. The predicted octanol–water partition coefficient (Wildman–Crippen LogP) is 8.95. The summed E-state index contributed by atoms with van der Waals surface area (Å²) >= 11 is 1.01. The van der Waals surface area contributed by atoms with Crippen LogP contribution in [0.5, 0.6) is 0 Å². The van der Waals surface area contributed by atoms with Gasteiger partial charge in [-0.15, -0.1) is 11.3 Å². The number of nitrogens with two attached hydrogens (primary N) is 1. The fraction of sp³-hybridized carbons (Fsp3) is 0.579. The lowest BCUT2D eigenvalue weighted by molar-refractivity contribution is 0.0376. The molecule has 48 heavy (non-hydrogen) atoms. The van der Waals surface area contributed by atoms with E-state index in [1.54, 1.807) is 6.92 Å². The van der Waals surface area contributed by atoms with Crippen LogP contribution in [0.4, 0.5) is 13.8 Å². The topological polar surface area (TPSA) is 107 Å². The molecule has 1 aliphatic carbocycles. The number of nitrogens with one attached hydrogen (secondary N) is 1. The summed E-state index contributed by atoms with van der Waals surface area (Å²) in [5.41, 5.74) is 10.4. The Kier molecular flexibility index (Phi) is 12.9. The van der Waals surface area contributed by atoms with Crippen molar-refractivity contribution >= 4 is 33.7 Å². The molecule has 1 aromatic rings. The van der Waals surface area contributed by atoms with Crippen molar-refractivity contribution in [3.63, 3.8) is 0 Å². The van der Waals surface area contributed by atoms with Gasteiger partial charge in [0.1, 0.15) is 28.8 Å². The number of halogens is 2. The smallest absolute Gasteiger partial charge is 0.199 e. The predicted molar refractivity (Wildman–Crippen MR) is 195 cm³/mol. The van der Waals surface area contributed by atoms with Gasteiger partial charge in [0.05, 0.1) is 29.3 Å². The second-order valence-electron chi connectivity index (χ2n) is 13.6. The van der Waals surface area contributed by atoms with E-state index in [1.165, 1.54) is 18.9 Å². The van der Waals surface area contributed by atoms with Gasteiger partial charge in [-0.25, -0.2) is 13.8 Å². The molecule has 1 fully saturated rings. The van der Waals surface area contributed by atoms with E-state index >= 15 is 8.78 Å². The van der Waals surface area contributed by atoms with Crippen molar-refractivity contribution in [3.05, 3.63) is 62.0 Å². The van der Waals surface area contributed by atoms with Crippen molar-refractivity contribution in [2.75, 3.05) is 32.0 Å². The Bertz CT molecular complexity index is 1580. The van der Waals surface area contributed by atoms with Gasteiger partial charge in [-0.05, 0) is 69.1 Å². The van der Waals surface area contributed by atoms with Crippen molar-refractivity contribution in [1.82, 2.24) is 10.2 Å². The molecule has 10 heteroatoms. The number of ether oxygens (including phenoxy) is 1. The number of guanidine groups is 1. The summed E-state index contributed by atoms with van der Waals surface area (Å²) in [5.74, 6) is 0.301. The third-order valence-electron chi connectivity index (χ3n) is 9.72. The van der Waals surface area contributed by atoms with Crippen molar-refractivity contribution in [3.8, 4) is 6.07 Å². The maximum absolute atomic E-state index is 16.8.